The first-order valence-electron chi connectivity index (χ1n) is 11.2. The first-order chi connectivity index (χ1) is 15.0. The minimum atomic E-state index is -1.05. The second-order valence-corrected chi connectivity index (χ2v) is 9.20. The quantitative estimate of drug-likeness (QED) is 0.368. The number of esters is 1. The van der Waals surface area contributed by atoms with Crippen molar-refractivity contribution in [1.29, 1.82) is 0 Å². The molecule has 0 aliphatic heterocycles. The number of carboxylic acids is 1. The van der Waals surface area contributed by atoms with E-state index in [4.69, 9.17) is 4.74 Å². The molecule has 0 bridgehead atoms. The minimum absolute atomic E-state index is 0.195. The molecule has 1 aromatic rings. The maximum absolute atomic E-state index is 12.7. The van der Waals surface area contributed by atoms with Crippen LogP contribution < -0.4 is 10.6 Å². The fourth-order valence-corrected chi connectivity index (χ4v) is 5.52. The first-order valence-corrected chi connectivity index (χ1v) is 12.1. The maximum atomic E-state index is 12.7. The fourth-order valence-electron chi connectivity index (χ4n) is 4.22. The van der Waals surface area contributed by atoms with Crippen molar-refractivity contribution in [1.82, 2.24) is 5.32 Å². The second-order valence-electron chi connectivity index (χ2n) is 8.09. The summed E-state index contributed by atoms with van der Waals surface area (Å²) in [6.45, 7) is 2.54. The molecule has 1 aromatic heterocycles. The van der Waals surface area contributed by atoms with Gasteiger partial charge in [0, 0.05) is 4.88 Å². The molecule has 2 aliphatic carbocycles. The Bertz CT molecular complexity index is 845. The lowest BCUT2D eigenvalue weighted by Crippen LogP contribution is -2.40. The lowest BCUT2D eigenvalue weighted by molar-refractivity contribution is -0.141. The number of hydrogen-bond donors (Lipinski definition) is 3. The van der Waals surface area contributed by atoms with Crippen molar-refractivity contribution < 1.29 is 24.2 Å². The molecule has 1 amide bonds. The molecule has 0 aromatic carbocycles. The molecule has 31 heavy (non-hydrogen) atoms. The van der Waals surface area contributed by atoms with Crippen LogP contribution in [-0.2, 0) is 27.2 Å². The third-order valence-electron chi connectivity index (χ3n) is 5.81. The van der Waals surface area contributed by atoms with Crippen LogP contribution in [0.2, 0.25) is 0 Å². The second kappa shape index (κ2) is 11.4. The third kappa shape index (κ3) is 6.40. The van der Waals surface area contributed by atoms with E-state index in [1.165, 1.54) is 29.8 Å². The Morgan fingerprint density at radius 1 is 1.16 bits per heavy atom. The lowest BCUT2D eigenvalue weighted by atomic mass is 9.95. The van der Waals surface area contributed by atoms with Crippen LogP contribution in [0.4, 0.5) is 5.00 Å². The highest BCUT2D eigenvalue weighted by molar-refractivity contribution is 7.17. The number of anilines is 1. The molecule has 0 fully saturated rings. The standard InChI is InChI=1S/C23H32N2O5S/c1-2-30-23(29)20-16-10-6-7-11-18(16)31-21(20)25-19(26)14-17(22(27)28)24-13-12-15-8-4-3-5-9-15/h8,17,24H,2-7,9-14H2,1H3,(H,25,26)(H,27,28)/t17-/m1/s1. The molecule has 1 heterocycles. The van der Waals surface area contributed by atoms with E-state index in [0.29, 0.717) is 17.1 Å². The number of aryl methyl sites for hydroxylation is 1. The Morgan fingerprint density at radius 2 is 1.94 bits per heavy atom. The zero-order chi connectivity index (χ0) is 22.2. The van der Waals surface area contributed by atoms with Crippen LogP contribution in [0.5, 0.6) is 0 Å². The Hall–Kier alpha value is -2.19. The van der Waals surface area contributed by atoms with E-state index in [1.54, 1.807) is 6.92 Å². The summed E-state index contributed by atoms with van der Waals surface area (Å²) in [5, 5.41) is 15.8. The number of carbonyl (C=O) groups is 3. The van der Waals surface area contributed by atoms with Gasteiger partial charge in [0.15, 0.2) is 0 Å². The topological polar surface area (TPSA) is 105 Å². The van der Waals surface area contributed by atoms with Crippen LogP contribution in [0.25, 0.3) is 0 Å². The summed E-state index contributed by atoms with van der Waals surface area (Å²) in [4.78, 5) is 38.0. The van der Waals surface area contributed by atoms with Crippen LogP contribution in [-0.4, -0.2) is 42.1 Å². The Kier molecular flexibility index (Phi) is 8.66. The Labute approximate surface area is 187 Å². The highest BCUT2D eigenvalue weighted by atomic mass is 32.1. The van der Waals surface area contributed by atoms with E-state index in [1.807, 2.05) is 0 Å². The fraction of sp³-hybridized carbons (Fsp3) is 0.609. The molecule has 3 rings (SSSR count). The van der Waals surface area contributed by atoms with Crippen molar-refractivity contribution in [2.24, 2.45) is 0 Å². The van der Waals surface area contributed by atoms with E-state index >= 15 is 0 Å². The van der Waals surface area contributed by atoms with Crippen molar-refractivity contribution in [2.75, 3.05) is 18.5 Å². The summed E-state index contributed by atoms with van der Waals surface area (Å²) < 4.78 is 5.21. The van der Waals surface area contributed by atoms with Gasteiger partial charge < -0.3 is 20.5 Å². The molecule has 8 heteroatoms. The normalized spacial score (nSPS) is 16.7. The largest absolute Gasteiger partial charge is 0.480 e. The zero-order valence-corrected chi connectivity index (χ0v) is 18.9. The number of fused-ring (bicyclic) bond motifs is 1. The van der Waals surface area contributed by atoms with Gasteiger partial charge >= 0.3 is 11.9 Å². The van der Waals surface area contributed by atoms with Crippen molar-refractivity contribution in [2.45, 2.75) is 77.2 Å². The smallest absolute Gasteiger partial charge is 0.341 e. The minimum Gasteiger partial charge on any atom is -0.480 e. The molecule has 3 N–H and O–H groups in total. The number of hydrogen-bond acceptors (Lipinski definition) is 6. The molecule has 170 valence electrons. The summed E-state index contributed by atoms with van der Waals surface area (Å²) in [5.74, 6) is -1.89. The average Bonchev–Trinajstić information content (AvgIpc) is 3.11. The highest BCUT2D eigenvalue weighted by Gasteiger charge is 2.28. The van der Waals surface area contributed by atoms with Gasteiger partial charge in [0.25, 0.3) is 0 Å². The predicted molar refractivity (Wildman–Crippen MR) is 121 cm³/mol. The van der Waals surface area contributed by atoms with Crippen molar-refractivity contribution in [3.63, 3.8) is 0 Å². The van der Waals surface area contributed by atoms with E-state index in [0.717, 1.165) is 55.4 Å². The number of rotatable bonds is 10. The number of thiophene rings is 1. The average molecular weight is 449 g/mol. The Morgan fingerprint density at radius 3 is 2.65 bits per heavy atom. The van der Waals surface area contributed by atoms with Gasteiger partial charge in [0.05, 0.1) is 18.6 Å². The van der Waals surface area contributed by atoms with Gasteiger partial charge in [-0.15, -0.1) is 11.3 Å². The van der Waals surface area contributed by atoms with Crippen LogP contribution in [0.1, 0.15) is 79.1 Å². The van der Waals surface area contributed by atoms with Gasteiger partial charge in [-0.3, -0.25) is 9.59 Å². The van der Waals surface area contributed by atoms with E-state index in [-0.39, 0.29) is 13.0 Å². The van der Waals surface area contributed by atoms with E-state index < -0.39 is 23.9 Å². The van der Waals surface area contributed by atoms with E-state index in [2.05, 4.69) is 16.7 Å². The molecule has 0 saturated carbocycles. The summed E-state index contributed by atoms with van der Waals surface area (Å²) in [7, 11) is 0. The van der Waals surface area contributed by atoms with Gasteiger partial charge in [-0.1, -0.05) is 11.6 Å². The lowest BCUT2D eigenvalue weighted by Gasteiger charge is -2.17. The molecule has 0 unspecified atom stereocenters. The molecular weight excluding hydrogens is 416 g/mol. The molecule has 0 spiro atoms. The number of carbonyl (C=O) groups excluding carboxylic acids is 2. The van der Waals surface area contributed by atoms with Crippen LogP contribution in [0.15, 0.2) is 11.6 Å². The summed E-state index contributed by atoms with van der Waals surface area (Å²) >= 11 is 1.41. The first kappa shape index (κ1) is 23.5. The monoisotopic (exact) mass is 448 g/mol. The Balaban J connectivity index is 1.62. The molecule has 0 saturated heterocycles. The van der Waals surface area contributed by atoms with Crippen LogP contribution in [0, 0.1) is 0 Å². The van der Waals surface area contributed by atoms with Gasteiger partial charge in [-0.05, 0) is 76.8 Å². The molecule has 0 radical (unpaired) electrons. The predicted octanol–water partition coefficient (Wildman–Crippen LogP) is 4.07. The molecule has 7 nitrogen and oxygen atoms in total. The van der Waals surface area contributed by atoms with E-state index in [9.17, 15) is 19.5 Å². The van der Waals surface area contributed by atoms with Gasteiger partial charge in [0.1, 0.15) is 11.0 Å². The van der Waals surface area contributed by atoms with Gasteiger partial charge in [-0.25, -0.2) is 4.79 Å². The van der Waals surface area contributed by atoms with Crippen LogP contribution >= 0.6 is 11.3 Å². The third-order valence-corrected chi connectivity index (χ3v) is 7.02. The van der Waals surface area contributed by atoms with Crippen molar-refractivity contribution >= 4 is 34.2 Å². The summed E-state index contributed by atoms with van der Waals surface area (Å²) in [5.41, 5.74) is 2.77. The SMILES string of the molecule is CCOC(=O)c1c(NC(=O)C[C@@H](NCCC2=CCCCC2)C(=O)O)sc2c1CCCC2. The van der Waals surface area contributed by atoms with Crippen molar-refractivity contribution in [3.8, 4) is 0 Å². The van der Waals surface area contributed by atoms with Crippen molar-refractivity contribution in [3.05, 3.63) is 27.7 Å². The molecular formula is C23H32N2O5S. The zero-order valence-electron chi connectivity index (χ0n) is 18.1. The number of amides is 1. The maximum Gasteiger partial charge on any atom is 0.341 e. The summed E-state index contributed by atoms with van der Waals surface area (Å²) in [6.07, 6.45) is 11.2. The molecule has 2 aliphatic rings. The summed E-state index contributed by atoms with van der Waals surface area (Å²) in [6, 6.07) is -0.968. The van der Waals surface area contributed by atoms with Gasteiger partial charge in [0.2, 0.25) is 5.91 Å². The molecule has 1 atom stereocenters. The van der Waals surface area contributed by atoms with Crippen LogP contribution in [0.3, 0.4) is 0 Å². The number of nitrogens with one attached hydrogen (secondary N) is 2. The number of ether oxygens (including phenoxy) is 1. The number of carboxylic acid groups (broad SMARTS) is 1. The van der Waals surface area contributed by atoms with Gasteiger partial charge in [-0.2, -0.15) is 0 Å². The number of aliphatic carboxylic acids is 1. The highest BCUT2D eigenvalue weighted by Crippen LogP contribution is 2.38. The number of allylic oxidation sites excluding steroid dienone is 1.